The second-order valence-electron chi connectivity index (χ2n) is 3.72. The van der Waals surface area contributed by atoms with Gasteiger partial charge in [0.15, 0.2) is 0 Å². The van der Waals surface area contributed by atoms with Crippen LogP contribution in [-0.4, -0.2) is 25.8 Å². The molecule has 1 heterocycles. The highest BCUT2D eigenvalue weighted by Gasteiger charge is 2.24. The van der Waals surface area contributed by atoms with Gasteiger partial charge in [-0.25, -0.2) is 4.39 Å². The van der Waals surface area contributed by atoms with E-state index < -0.39 is 10.2 Å². The van der Waals surface area contributed by atoms with Crippen LogP contribution in [-0.2, 0) is 10.2 Å². The van der Waals surface area contributed by atoms with Gasteiger partial charge in [-0.3, -0.25) is 4.72 Å². The van der Waals surface area contributed by atoms with Crippen LogP contribution < -0.4 is 4.72 Å². The molecule has 4 nitrogen and oxygen atoms in total. The summed E-state index contributed by atoms with van der Waals surface area (Å²) in [7, 11) is -3.47. The van der Waals surface area contributed by atoms with Gasteiger partial charge in [0.05, 0.1) is 0 Å². The summed E-state index contributed by atoms with van der Waals surface area (Å²) in [6, 6.07) is 5.26. The Morgan fingerprint density at radius 3 is 2.25 bits per heavy atom. The van der Waals surface area contributed by atoms with Gasteiger partial charge < -0.3 is 0 Å². The Balaban J connectivity index is 2.11. The van der Waals surface area contributed by atoms with Crippen molar-refractivity contribution in [1.82, 2.24) is 4.31 Å². The molecule has 0 aliphatic carbocycles. The molecule has 1 N–H and O–H groups in total. The summed E-state index contributed by atoms with van der Waals surface area (Å²) in [5.41, 5.74) is 0.383. The molecule has 0 saturated carbocycles. The highest BCUT2D eigenvalue weighted by atomic mass is 32.2. The van der Waals surface area contributed by atoms with E-state index in [2.05, 4.69) is 4.72 Å². The molecule has 0 atom stereocenters. The number of anilines is 1. The zero-order chi connectivity index (χ0) is 11.6. The molecule has 88 valence electrons. The smallest absolute Gasteiger partial charge is 0.271 e. The van der Waals surface area contributed by atoms with E-state index in [0.717, 1.165) is 12.8 Å². The molecule has 0 radical (unpaired) electrons. The van der Waals surface area contributed by atoms with Gasteiger partial charge in [0, 0.05) is 18.8 Å². The lowest BCUT2D eigenvalue weighted by atomic mass is 10.3. The van der Waals surface area contributed by atoms with E-state index in [4.69, 9.17) is 0 Å². The summed E-state index contributed by atoms with van der Waals surface area (Å²) >= 11 is 0. The van der Waals surface area contributed by atoms with Crippen LogP contribution in [0.15, 0.2) is 24.3 Å². The van der Waals surface area contributed by atoms with Crippen LogP contribution in [0.25, 0.3) is 0 Å². The maximum absolute atomic E-state index is 12.6. The van der Waals surface area contributed by atoms with Crippen molar-refractivity contribution in [1.29, 1.82) is 0 Å². The maximum Gasteiger partial charge on any atom is 0.301 e. The summed E-state index contributed by atoms with van der Waals surface area (Å²) in [4.78, 5) is 0. The van der Waals surface area contributed by atoms with Gasteiger partial charge in [-0.15, -0.1) is 0 Å². The van der Waals surface area contributed by atoms with Crippen molar-refractivity contribution in [2.75, 3.05) is 17.8 Å². The van der Waals surface area contributed by atoms with E-state index in [0.29, 0.717) is 18.8 Å². The molecule has 1 aromatic carbocycles. The Morgan fingerprint density at radius 2 is 1.69 bits per heavy atom. The largest absolute Gasteiger partial charge is 0.301 e. The average molecular weight is 244 g/mol. The monoisotopic (exact) mass is 244 g/mol. The molecule has 1 aliphatic heterocycles. The van der Waals surface area contributed by atoms with Crippen molar-refractivity contribution < 1.29 is 12.8 Å². The first-order chi connectivity index (χ1) is 7.58. The zero-order valence-corrected chi connectivity index (χ0v) is 9.50. The van der Waals surface area contributed by atoms with E-state index in [-0.39, 0.29) is 5.82 Å². The Labute approximate surface area is 94.3 Å². The lowest BCUT2D eigenvalue weighted by Gasteiger charge is -2.16. The van der Waals surface area contributed by atoms with E-state index in [1.807, 2.05) is 0 Å². The van der Waals surface area contributed by atoms with Gasteiger partial charge in [-0.1, -0.05) is 0 Å². The van der Waals surface area contributed by atoms with Crippen LogP contribution in [0.5, 0.6) is 0 Å². The Morgan fingerprint density at radius 1 is 1.12 bits per heavy atom. The van der Waals surface area contributed by atoms with Gasteiger partial charge in [0.1, 0.15) is 5.82 Å². The molecule has 0 unspecified atom stereocenters. The highest BCUT2D eigenvalue weighted by molar-refractivity contribution is 7.90. The third kappa shape index (κ3) is 2.51. The van der Waals surface area contributed by atoms with Crippen LogP contribution in [0.3, 0.4) is 0 Å². The molecular formula is C10H13FN2O2S. The minimum atomic E-state index is -3.47. The van der Waals surface area contributed by atoms with Crippen LogP contribution in [0, 0.1) is 5.82 Å². The van der Waals surface area contributed by atoms with Crippen LogP contribution >= 0.6 is 0 Å². The standard InChI is InChI=1S/C10H13FN2O2S/c11-9-3-5-10(6-4-9)12-16(14,15)13-7-1-2-8-13/h3-6,12H,1-2,7-8H2. The van der Waals surface area contributed by atoms with Crippen molar-refractivity contribution in [2.24, 2.45) is 0 Å². The molecule has 0 aromatic heterocycles. The SMILES string of the molecule is O=S(=O)(Nc1ccc(F)cc1)N1CCCC1. The zero-order valence-electron chi connectivity index (χ0n) is 8.69. The maximum atomic E-state index is 12.6. The topological polar surface area (TPSA) is 49.4 Å². The third-order valence-electron chi connectivity index (χ3n) is 2.50. The van der Waals surface area contributed by atoms with E-state index in [9.17, 15) is 12.8 Å². The number of rotatable bonds is 3. The summed E-state index contributed by atoms with van der Waals surface area (Å²) in [5.74, 6) is -0.385. The molecule has 1 fully saturated rings. The normalized spacial score (nSPS) is 17.6. The molecule has 0 amide bonds. The lowest BCUT2D eigenvalue weighted by molar-refractivity contribution is 0.482. The lowest BCUT2D eigenvalue weighted by Crippen LogP contribution is -2.33. The van der Waals surface area contributed by atoms with Gasteiger partial charge in [-0.05, 0) is 37.1 Å². The van der Waals surface area contributed by atoms with Crippen LogP contribution in [0.2, 0.25) is 0 Å². The van der Waals surface area contributed by atoms with E-state index in [1.54, 1.807) is 0 Å². The van der Waals surface area contributed by atoms with Gasteiger partial charge in [0.25, 0.3) is 0 Å². The van der Waals surface area contributed by atoms with Gasteiger partial charge >= 0.3 is 10.2 Å². The molecule has 1 aliphatic rings. The Hall–Kier alpha value is -1.14. The Kier molecular flexibility index (Phi) is 3.11. The predicted octanol–water partition coefficient (Wildman–Crippen LogP) is 1.58. The molecule has 1 saturated heterocycles. The second-order valence-corrected chi connectivity index (χ2v) is 5.39. The predicted molar refractivity (Wildman–Crippen MR) is 59.7 cm³/mol. The van der Waals surface area contributed by atoms with Crippen molar-refractivity contribution in [3.05, 3.63) is 30.1 Å². The molecule has 0 bridgehead atoms. The number of nitrogens with one attached hydrogen (secondary N) is 1. The van der Waals surface area contributed by atoms with Crippen molar-refractivity contribution >= 4 is 15.9 Å². The highest BCUT2D eigenvalue weighted by Crippen LogP contribution is 2.16. The minimum Gasteiger partial charge on any atom is -0.271 e. The second kappa shape index (κ2) is 4.39. The molecule has 1 aromatic rings. The summed E-state index contributed by atoms with van der Waals surface area (Å²) in [6.07, 6.45) is 1.79. The molecule has 0 spiro atoms. The Bertz CT molecular complexity index is 452. The number of hydrogen-bond acceptors (Lipinski definition) is 2. The van der Waals surface area contributed by atoms with Gasteiger partial charge in [0.2, 0.25) is 0 Å². The number of hydrogen-bond donors (Lipinski definition) is 1. The number of halogens is 1. The minimum absolute atomic E-state index is 0.383. The van der Waals surface area contributed by atoms with Crippen molar-refractivity contribution in [2.45, 2.75) is 12.8 Å². The fourth-order valence-electron chi connectivity index (χ4n) is 1.66. The quantitative estimate of drug-likeness (QED) is 0.877. The van der Waals surface area contributed by atoms with Crippen LogP contribution in [0.1, 0.15) is 12.8 Å². The fraction of sp³-hybridized carbons (Fsp3) is 0.400. The first-order valence-corrected chi connectivity index (χ1v) is 6.55. The number of nitrogens with zero attached hydrogens (tertiary/aromatic N) is 1. The van der Waals surface area contributed by atoms with Crippen molar-refractivity contribution in [3.63, 3.8) is 0 Å². The first kappa shape index (κ1) is 11.3. The van der Waals surface area contributed by atoms with Gasteiger partial charge in [-0.2, -0.15) is 12.7 Å². The average Bonchev–Trinajstić information content (AvgIpc) is 2.75. The molecule has 6 heteroatoms. The number of benzene rings is 1. The van der Waals surface area contributed by atoms with Crippen molar-refractivity contribution in [3.8, 4) is 0 Å². The molecular weight excluding hydrogens is 231 g/mol. The van der Waals surface area contributed by atoms with E-state index >= 15 is 0 Å². The van der Waals surface area contributed by atoms with Crippen LogP contribution in [0.4, 0.5) is 10.1 Å². The first-order valence-electron chi connectivity index (χ1n) is 5.11. The summed E-state index contributed by atoms with van der Waals surface area (Å²) in [5, 5.41) is 0. The van der Waals surface area contributed by atoms with E-state index in [1.165, 1.54) is 28.6 Å². The molecule has 2 rings (SSSR count). The fourth-order valence-corrected chi connectivity index (χ4v) is 2.96. The summed E-state index contributed by atoms with van der Waals surface area (Å²) < 4.78 is 40.1. The third-order valence-corrected chi connectivity index (χ3v) is 4.03. The molecule has 16 heavy (non-hydrogen) atoms. The summed E-state index contributed by atoms with van der Waals surface area (Å²) in [6.45, 7) is 1.10.